The molecular formula is C17H22O6. The van der Waals surface area contributed by atoms with Gasteiger partial charge in [0.15, 0.2) is 11.5 Å². The summed E-state index contributed by atoms with van der Waals surface area (Å²) in [4.78, 5) is 12.3. The molecular weight excluding hydrogens is 300 g/mol. The number of ether oxygens (including phenoxy) is 4. The summed E-state index contributed by atoms with van der Waals surface area (Å²) in [6.07, 6.45) is 0.703. The first-order chi connectivity index (χ1) is 10.9. The number of cyclic esters (lactones) is 1. The predicted octanol–water partition coefficient (Wildman–Crippen LogP) is 1.84. The summed E-state index contributed by atoms with van der Waals surface area (Å²) < 4.78 is 21.3. The lowest BCUT2D eigenvalue weighted by Crippen LogP contribution is -2.41. The standard InChI is InChI=1S/C17H22O6/c1-5-22-17(19)15-11-8-13(21-4)12(20-3)7-10(11)6-9(2)14(15)16(18)23-17/h7-9,14-15,19H,5-6H2,1-4H3/t9-,14-,15+,17-/m0/s1. The second-order valence-corrected chi connectivity index (χ2v) is 6.08. The fraction of sp³-hybridized carbons (Fsp3) is 0.588. The fourth-order valence-electron chi connectivity index (χ4n) is 3.79. The maximum atomic E-state index is 12.3. The van der Waals surface area contributed by atoms with Gasteiger partial charge in [0, 0.05) is 0 Å². The first-order valence-corrected chi connectivity index (χ1v) is 7.79. The highest BCUT2D eigenvalue weighted by Crippen LogP contribution is 2.53. The van der Waals surface area contributed by atoms with Gasteiger partial charge in [-0.3, -0.25) is 4.79 Å². The van der Waals surface area contributed by atoms with E-state index in [4.69, 9.17) is 18.9 Å². The number of benzene rings is 1. The molecule has 6 heteroatoms. The van der Waals surface area contributed by atoms with E-state index in [-0.39, 0.29) is 12.5 Å². The normalized spacial score (nSPS) is 32.0. The molecule has 0 spiro atoms. The molecule has 0 amide bonds. The zero-order valence-corrected chi connectivity index (χ0v) is 13.8. The maximum absolute atomic E-state index is 12.3. The Morgan fingerprint density at radius 1 is 1.30 bits per heavy atom. The van der Waals surface area contributed by atoms with Crippen LogP contribution in [0, 0.1) is 11.8 Å². The molecule has 126 valence electrons. The Morgan fingerprint density at radius 2 is 1.96 bits per heavy atom. The second-order valence-electron chi connectivity index (χ2n) is 6.08. The van der Waals surface area contributed by atoms with Gasteiger partial charge in [0.25, 0.3) is 0 Å². The molecule has 4 atom stereocenters. The van der Waals surface area contributed by atoms with E-state index in [0.29, 0.717) is 17.9 Å². The summed E-state index contributed by atoms with van der Waals surface area (Å²) in [7, 11) is 3.14. The van der Waals surface area contributed by atoms with Crippen LogP contribution < -0.4 is 9.47 Å². The van der Waals surface area contributed by atoms with Gasteiger partial charge in [0.1, 0.15) is 0 Å². The van der Waals surface area contributed by atoms with Crippen molar-refractivity contribution in [3.05, 3.63) is 23.3 Å². The van der Waals surface area contributed by atoms with Gasteiger partial charge in [-0.25, -0.2) is 0 Å². The lowest BCUT2D eigenvalue weighted by molar-refractivity contribution is -0.334. The van der Waals surface area contributed by atoms with Crippen molar-refractivity contribution < 1.29 is 28.8 Å². The van der Waals surface area contributed by atoms with Gasteiger partial charge in [0.2, 0.25) is 0 Å². The Bertz CT molecular complexity index is 628. The molecule has 1 heterocycles. The number of carbonyl (C=O) groups excluding carboxylic acids is 1. The van der Waals surface area contributed by atoms with Crippen LogP contribution in [0.5, 0.6) is 11.5 Å². The van der Waals surface area contributed by atoms with Crippen LogP contribution >= 0.6 is 0 Å². The number of esters is 1. The minimum absolute atomic E-state index is 0.0348. The summed E-state index contributed by atoms with van der Waals surface area (Å²) in [5.74, 6) is -2.14. The Labute approximate surface area is 135 Å². The zero-order valence-electron chi connectivity index (χ0n) is 13.8. The van der Waals surface area contributed by atoms with Crippen molar-refractivity contribution in [2.24, 2.45) is 11.8 Å². The molecule has 1 fully saturated rings. The van der Waals surface area contributed by atoms with Crippen molar-refractivity contribution >= 4 is 5.97 Å². The SMILES string of the molecule is CCO[C@]1(O)OC(=O)[C@@H]2[C@H]1c1cc(OC)c(OC)cc1C[C@@H]2C. The zero-order chi connectivity index (χ0) is 16.8. The third-order valence-corrected chi connectivity index (χ3v) is 4.76. The van der Waals surface area contributed by atoms with Gasteiger partial charge in [-0.15, -0.1) is 0 Å². The highest BCUT2D eigenvalue weighted by molar-refractivity contribution is 5.78. The molecule has 0 aromatic heterocycles. The van der Waals surface area contributed by atoms with Gasteiger partial charge in [-0.1, -0.05) is 6.92 Å². The molecule has 1 saturated heterocycles. The van der Waals surface area contributed by atoms with E-state index < -0.39 is 23.8 Å². The number of fused-ring (bicyclic) bond motifs is 3. The van der Waals surface area contributed by atoms with Crippen LogP contribution in [0.1, 0.15) is 30.9 Å². The fourth-order valence-corrected chi connectivity index (χ4v) is 3.79. The first kappa shape index (κ1) is 16.1. The summed E-state index contributed by atoms with van der Waals surface area (Å²) in [5.41, 5.74) is 1.82. The van der Waals surface area contributed by atoms with E-state index in [2.05, 4.69) is 0 Å². The van der Waals surface area contributed by atoms with Crippen molar-refractivity contribution in [3.63, 3.8) is 0 Å². The first-order valence-electron chi connectivity index (χ1n) is 7.79. The lowest BCUT2D eigenvalue weighted by atomic mass is 9.69. The van der Waals surface area contributed by atoms with Crippen LogP contribution in [0.4, 0.5) is 0 Å². The number of methoxy groups -OCH3 is 2. The minimum atomic E-state index is -1.93. The highest BCUT2D eigenvalue weighted by atomic mass is 16.8. The summed E-state index contributed by atoms with van der Waals surface area (Å²) in [5, 5.41) is 10.8. The van der Waals surface area contributed by atoms with Crippen LogP contribution in [-0.2, 0) is 20.7 Å². The third-order valence-electron chi connectivity index (χ3n) is 4.76. The molecule has 1 N–H and O–H groups in total. The van der Waals surface area contributed by atoms with Crippen molar-refractivity contribution in [3.8, 4) is 11.5 Å². The molecule has 3 rings (SSSR count). The Morgan fingerprint density at radius 3 is 2.57 bits per heavy atom. The molecule has 1 aliphatic carbocycles. The Balaban J connectivity index is 2.16. The van der Waals surface area contributed by atoms with Crippen LogP contribution in [0.25, 0.3) is 0 Å². The second kappa shape index (κ2) is 5.69. The maximum Gasteiger partial charge on any atom is 0.334 e. The molecule has 0 unspecified atom stereocenters. The van der Waals surface area contributed by atoms with Crippen molar-refractivity contribution in [2.45, 2.75) is 32.2 Å². The number of hydrogen-bond acceptors (Lipinski definition) is 6. The molecule has 2 aliphatic rings. The van der Waals surface area contributed by atoms with Gasteiger partial charge >= 0.3 is 11.9 Å². The van der Waals surface area contributed by atoms with Crippen molar-refractivity contribution in [1.29, 1.82) is 0 Å². The number of hydrogen-bond donors (Lipinski definition) is 1. The molecule has 1 aliphatic heterocycles. The molecule has 0 radical (unpaired) electrons. The molecule has 0 saturated carbocycles. The number of aliphatic hydroxyl groups is 1. The quantitative estimate of drug-likeness (QED) is 0.673. The molecule has 6 nitrogen and oxygen atoms in total. The van der Waals surface area contributed by atoms with Crippen LogP contribution in [0.15, 0.2) is 12.1 Å². The van der Waals surface area contributed by atoms with E-state index in [1.165, 1.54) is 0 Å². The monoisotopic (exact) mass is 322 g/mol. The largest absolute Gasteiger partial charge is 0.493 e. The van der Waals surface area contributed by atoms with Gasteiger partial charge in [0.05, 0.1) is 32.7 Å². The average molecular weight is 322 g/mol. The van der Waals surface area contributed by atoms with Crippen LogP contribution in [-0.4, -0.2) is 37.9 Å². The Kier molecular flexibility index (Phi) is 3.98. The molecule has 1 aromatic rings. The van der Waals surface area contributed by atoms with Gasteiger partial charge in [-0.05, 0) is 42.5 Å². The van der Waals surface area contributed by atoms with Crippen LogP contribution in [0.2, 0.25) is 0 Å². The summed E-state index contributed by atoms with van der Waals surface area (Å²) in [6.45, 7) is 3.97. The molecule has 1 aromatic carbocycles. The van der Waals surface area contributed by atoms with E-state index in [1.807, 2.05) is 19.1 Å². The molecule has 23 heavy (non-hydrogen) atoms. The van der Waals surface area contributed by atoms with E-state index in [1.54, 1.807) is 21.1 Å². The smallest absolute Gasteiger partial charge is 0.334 e. The van der Waals surface area contributed by atoms with E-state index >= 15 is 0 Å². The van der Waals surface area contributed by atoms with Gasteiger partial charge < -0.3 is 24.1 Å². The third kappa shape index (κ3) is 2.37. The molecule has 0 bridgehead atoms. The van der Waals surface area contributed by atoms with Crippen molar-refractivity contribution in [1.82, 2.24) is 0 Å². The topological polar surface area (TPSA) is 74.2 Å². The lowest BCUT2D eigenvalue weighted by Gasteiger charge is -2.35. The Hall–Kier alpha value is -1.79. The van der Waals surface area contributed by atoms with E-state index in [0.717, 1.165) is 11.1 Å². The van der Waals surface area contributed by atoms with Crippen LogP contribution in [0.3, 0.4) is 0 Å². The highest BCUT2D eigenvalue weighted by Gasteiger charge is 2.60. The van der Waals surface area contributed by atoms with E-state index in [9.17, 15) is 9.90 Å². The predicted molar refractivity (Wildman–Crippen MR) is 81.3 cm³/mol. The van der Waals surface area contributed by atoms with Gasteiger partial charge in [-0.2, -0.15) is 0 Å². The summed E-state index contributed by atoms with van der Waals surface area (Å²) >= 11 is 0. The summed E-state index contributed by atoms with van der Waals surface area (Å²) in [6, 6.07) is 3.71. The van der Waals surface area contributed by atoms with Crippen molar-refractivity contribution in [2.75, 3.05) is 20.8 Å². The average Bonchev–Trinajstić information content (AvgIpc) is 2.78. The number of carbonyl (C=O) groups is 1. The minimum Gasteiger partial charge on any atom is -0.493 e. The number of rotatable bonds is 4.